The molecule has 6 rings (SSSR count). The predicted molar refractivity (Wildman–Crippen MR) is 272 cm³/mol. The lowest BCUT2D eigenvalue weighted by molar-refractivity contribution is -0.132. The van der Waals surface area contributed by atoms with Crippen LogP contribution in [0.25, 0.3) is 18.2 Å². The summed E-state index contributed by atoms with van der Waals surface area (Å²) in [6, 6.07) is 22.5. The van der Waals surface area contributed by atoms with E-state index in [-0.39, 0.29) is 0 Å². The van der Waals surface area contributed by atoms with E-state index in [0.717, 1.165) is 182 Å². The van der Waals surface area contributed by atoms with Crippen molar-refractivity contribution in [3.63, 3.8) is 0 Å². The SMILES string of the molecule is CCCCOC1CCC(COc2ccc(/C=C/C(=O)O)cc2)CC1.CCCOC1CCC(COc2ccc(/C=C/C(=O)O)cc2)CC1.CCOC1CCC(COc2ccc(/C=C/C(=O)O)cc2)CC1. The molecule has 0 amide bonds. The summed E-state index contributed by atoms with van der Waals surface area (Å²) in [5.74, 6) is 1.48. The first-order valence-electron chi connectivity index (χ1n) is 25.3. The lowest BCUT2D eigenvalue weighted by atomic mass is 9.88. The van der Waals surface area contributed by atoms with Gasteiger partial charge in [-0.1, -0.05) is 56.7 Å². The molecule has 0 bridgehead atoms. The molecule has 378 valence electrons. The van der Waals surface area contributed by atoms with Gasteiger partial charge in [-0.2, -0.15) is 0 Å². The van der Waals surface area contributed by atoms with Gasteiger partial charge in [0, 0.05) is 38.0 Å². The average molecular weight is 955 g/mol. The second-order valence-electron chi connectivity index (χ2n) is 18.1. The third kappa shape index (κ3) is 24.6. The molecule has 69 heavy (non-hydrogen) atoms. The van der Waals surface area contributed by atoms with E-state index in [4.69, 9.17) is 43.7 Å². The second kappa shape index (κ2) is 33.2. The van der Waals surface area contributed by atoms with E-state index in [9.17, 15) is 14.4 Å². The van der Waals surface area contributed by atoms with Crippen LogP contribution in [0, 0.1) is 17.8 Å². The van der Waals surface area contributed by atoms with Crippen LogP contribution in [-0.4, -0.2) is 91.2 Å². The lowest BCUT2D eigenvalue weighted by Crippen LogP contribution is -2.25. The van der Waals surface area contributed by atoms with E-state index in [0.29, 0.717) is 36.1 Å². The lowest BCUT2D eigenvalue weighted by Gasteiger charge is -2.28. The molecule has 3 aromatic rings. The fourth-order valence-electron chi connectivity index (χ4n) is 8.48. The molecule has 0 aliphatic heterocycles. The number of ether oxygens (including phenoxy) is 6. The highest BCUT2D eigenvalue weighted by Gasteiger charge is 2.24. The van der Waals surface area contributed by atoms with E-state index in [1.54, 1.807) is 18.2 Å². The fourth-order valence-corrected chi connectivity index (χ4v) is 8.48. The standard InChI is InChI=1S/C20H28O4.C19H26O4.C18H24O4/c1-2-3-14-23-18-11-6-17(7-12-18)15-24-19-9-4-16(5-10-19)8-13-20(21)22;1-2-13-22-17-10-5-16(6-11-17)14-23-18-8-3-15(4-9-18)7-12-19(20)21;1-2-21-16-10-5-15(6-11-16)13-22-17-8-3-14(4-9-17)7-12-18(19)20/h4-5,8-10,13,17-18H,2-3,6-7,11-12,14-15H2,1H3,(H,21,22);3-4,7-9,12,16-17H,2,5-6,10-11,13-14H2,1H3,(H,20,21);3-4,7-9,12,15-16H,2,5-6,10-11,13H2,1H3,(H,19,20)/b13-8+;2*12-7+. The minimum absolute atomic E-state index is 0.432. The van der Waals surface area contributed by atoms with Crippen molar-refractivity contribution in [3.8, 4) is 17.2 Å². The van der Waals surface area contributed by atoms with Crippen molar-refractivity contribution in [2.75, 3.05) is 39.6 Å². The van der Waals surface area contributed by atoms with Gasteiger partial charge in [0.25, 0.3) is 0 Å². The molecule has 0 heterocycles. The quantitative estimate of drug-likeness (QED) is 0.0575. The number of rotatable bonds is 24. The average Bonchev–Trinajstić information content (AvgIpc) is 3.37. The van der Waals surface area contributed by atoms with Crippen LogP contribution < -0.4 is 14.2 Å². The topological polar surface area (TPSA) is 167 Å². The smallest absolute Gasteiger partial charge is 0.328 e. The molecule has 3 aliphatic carbocycles. The van der Waals surface area contributed by atoms with Gasteiger partial charge in [-0.05, 0) is 186 Å². The summed E-state index contributed by atoms with van der Waals surface area (Å²) in [6.07, 6.45) is 26.6. The first-order chi connectivity index (χ1) is 33.5. The van der Waals surface area contributed by atoms with Crippen molar-refractivity contribution in [2.24, 2.45) is 17.8 Å². The molecule has 12 heteroatoms. The first kappa shape index (κ1) is 56.2. The van der Waals surface area contributed by atoms with Crippen molar-refractivity contribution in [2.45, 2.75) is 135 Å². The van der Waals surface area contributed by atoms with Crippen LogP contribution in [-0.2, 0) is 28.6 Å². The number of hydrogen-bond donors (Lipinski definition) is 3. The van der Waals surface area contributed by atoms with Crippen LogP contribution >= 0.6 is 0 Å². The highest BCUT2D eigenvalue weighted by molar-refractivity contribution is 5.86. The molecular weight excluding hydrogens is 877 g/mol. The number of aliphatic carboxylic acids is 3. The Bertz CT molecular complexity index is 1950. The van der Waals surface area contributed by atoms with Crippen LogP contribution in [0.3, 0.4) is 0 Å². The Kier molecular flexibility index (Phi) is 27.0. The third-order valence-electron chi connectivity index (χ3n) is 12.5. The van der Waals surface area contributed by atoms with Crippen LogP contribution in [0.1, 0.15) is 134 Å². The zero-order valence-corrected chi connectivity index (χ0v) is 41.2. The van der Waals surface area contributed by atoms with Gasteiger partial charge in [-0.3, -0.25) is 0 Å². The Balaban J connectivity index is 0.000000226. The fraction of sp³-hybridized carbons (Fsp3) is 0.526. The van der Waals surface area contributed by atoms with Gasteiger partial charge in [0.05, 0.1) is 38.1 Å². The van der Waals surface area contributed by atoms with Crippen molar-refractivity contribution in [1.29, 1.82) is 0 Å². The highest BCUT2D eigenvalue weighted by Crippen LogP contribution is 2.30. The van der Waals surface area contributed by atoms with Crippen LogP contribution in [0.5, 0.6) is 17.2 Å². The zero-order valence-electron chi connectivity index (χ0n) is 41.2. The Morgan fingerprint density at radius 1 is 0.435 bits per heavy atom. The van der Waals surface area contributed by atoms with Gasteiger partial charge >= 0.3 is 17.9 Å². The summed E-state index contributed by atoms with van der Waals surface area (Å²) in [6.45, 7) is 11.2. The molecule has 3 saturated carbocycles. The van der Waals surface area contributed by atoms with Gasteiger partial charge < -0.3 is 43.7 Å². The molecule has 0 spiro atoms. The van der Waals surface area contributed by atoms with Crippen LogP contribution in [0.4, 0.5) is 0 Å². The van der Waals surface area contributed by atoms with Gasteiger partial charge in [0.2, 0.25) is 0 Å². The monoisotopic (exact) mass is 955 g/mol. The van der Waals surface area contributed by atoms with Crippen molar-refractivity contribution in [1.82, 2.24) is 0 Å². The minimum Gasteiger partial charge on any atom is -0.493 e. The Labute approximate surface area is 410 Å². The molecule has 3 aromatic carbocycles. The molecule has 0 unspecified atom stereocenters. The summed E-state index contributed by atoms with van der Waals surface area (Å²) >= 11 is 0. The van der Waals surface area contributed by atoms with E-state index < -0.39 is 17.9 Å². The molecule has 0 radical (unpaired) electrons. The summed E-state index contributed by atoms with van der Waals surface area (Å²) in [5.41, 5.74) is 2.56. The number of unbranched alkanes of at least 4 members (excludes halogenated alkanes) is 1. The maximum absolute atomic E-state index is 10.5. The Hall–Kier alpha value is -5.43. The maximum Gasteiger partial charge on any atom is 0.328 e. The number of carboxylic acid groups (broad SMARTS) is 3. The number of carbonyl (C=O) groups is 3. The summed E-state index contributed by atoms with van der Waals surface area (Å²) < 4.78 is 34.9. The van der Waals surface area contributed by atoms with E-state index in [1.807, 2.05) is 79.7 Å². The van der Waals surface area contributed by atoms with Gasteiger partial charge in [0.15, 0.2) is 0 Å². The number of carboxylic acids is 3. The largest absolute Gasteiger partial charge is 0.493 e. The minimum atomic E-state index is -0.942. The molecule has 0 atom stereocenters. The Morgan fingerprint density at radius 3 is 1.01 bits per heavy atom. The van der Waals surface area contributed by atoms with Gasteiger partial charge in [-0.15, -0.1) is 0 Å². The molecule has 3 aliphatic rings. The van der Waals surface area contributed by atoms with Crippen molar-refractivity contribution >= 4 is 36.1 Å². The maximum atomic E-state index is 10.5. The molecule has 3 N–H and O–H groups in total. The van der Waals surface area contributed by atoms with Crippen LogP contribution in [0.15, 0.2) is 91.0 Å². The normalized spacial score (nSPS) is 21.4. The molecule has 0 saturated heterocycles. The van der Waals surface area contributed by atoms with Gasteiger partial charge in [0.1, 0.15) is 17.2 Å². The summed E-state index contributed by atoms with van der Waals surface area (Å²) in [5, 5.41) is 25.8. The van der Waals surface area contributed by atoms with E-state index in [1.165, 1.54) is 6.42 Å². The third-order valence-corrected chi connectivity index (χ3v) is 12.5. The van der Waals surface area contributed by atoms with Gasteiger partial charge in [-0.25, -0.2) is 14.4 Å². The number of benzene rings is 3. The molecular formula is C57H78O12. The summed E-state index contributed by atoms with van der Waals surface area (Å²) in [7, 11) is 0. The van der Waals surface area contributed by atoms with Crippen molar-refractivity contribution < 1.29 is 58.1 Å². The first-order valence-corrected chi connectivity index (χ1v) is 25.3. The Morgan fingerprint density at radius 2 is 0.739 bits per heavy atom. The van der Waals surface area contributed by atoms with E-state index in [2.05, 4.69) is 13.8 Å². The zero-order chi connectivity index (χ0) is 49.5. The second-order valence-corrected chi connectivity index (χ2v) is 18.1. The molecule has 12 nitrogen and oxygen atoms in total. The predicted octanol–water partition coefficient (Wildman–Crippen LogP) is 12.4. The summed E-state index contributed by atoms with van der Waals surface area (Å²) in [4.78, 5) is 31.4. The highest BCUT2D eigenvalue weighted by atomic mass is 16.5. The van der Waals surface area contributed by atoms with Crippen LogP contribution in [0.2, 0.25) is 0 Å². The van der Waals surface area contributed by atoms with E-state index >= 15 is 0 Å². The molecule has 0 aromatic heterocycles. The number of hydrogen-bond acceptors (Lipinski definition) is 9. The molecule has 3 fully saturated rings. The van der Waals surface area contributed by atoms with Crippen molar-refractivity contribution in [3.05, 3.63) is 108 Å².